The summed E-state index contributed by atoms with van der Waals surface area (Å²) in [5.74, 6) is -1.80. The first kappa shape index (κ1) is 15.7. The molecule has 3 rings (SSSR count). The van der Waals surface area contributed by atoms with E-state index in [-0.39, 0.29) is 17.2 Å². The number of hydrogen-bond donors (Lipinski definition) is 1. The normalized spacial score (nSPS) is 19.0. The Morgan fingerprint density at radius 1 is 1.26 bits per heavy atom. The Hall–Kier alpha value is -2.21. The van der Waals surface area contributed by atoms with Gasteiger partial charge in [0.2, 0.25) is 0 Å². The van der Waals surface area contributed by atoms with E-state index in [0.29, 0.717) is 25.3 Å². The second kappa shape index (κ2) is 6.50. The second-order valence-electron chi connectivity index (χ2n) is 5.78. The number of benzene rings is 1. The number of rotatable bonds is 4. The molecular formula is C17H17F2NO3. The molecule has 122 valence electrons. The van der Waals surface area contributed by atoms with E-state index in [0.717, 1.165) is 13.0 Å². The zero-order chi connectivity index (χ0) is 16.4. The second-order valence-corrected chi connectivity index (χ2v) is 5.78. The maximum Gasteiger partial charge on any atom is 0.307 e. The number of likely N-dealkylation sites (tertiary alicyclic amines) is 1. The van der Waals surface area contributed by atoms with Crippen LogP contribution >= 0.6 is 0 Å². The van der Waals surface area contributed by atoms with Crippen LogP contribution in [0.1, 0.15) is 18.6 Å². The molecule has 1 aliphatic rings. The third-order valence-electron chi connectivity index (χ3n) is 4.11. The van der Waals surface area contributed by atoms with Crippen molar-refractivity contribution in [1.29, 1.82) is 0 Å². The van der Waals surface area contributed by atoms with Crippen molar-refractivity contribution in [2.45, 2.75) is 19.4 Å². The van der Waals surface area contributed by atoms with E-state index >= 15 is 0 Å². The molecule has 0 radical (unpaired) electrons. The number of carboxylic acids is 1. The topological polar surface area (TPSA) is 53.7 Å². The highest BCUT2D eigenvalue weighted by Gasteiger charge is 2.26. The van der Waals surface area contributed by atoms with E-state index in [2.05, 4.69) is 0 Å². The maximum atomic E-state index is 13.8. The lowest BCUT2D eigenvalue weighted by atomic mass is 9.98. The number of nitrogens with zero attached hydrogens (tertiary/aromatic N) is 1. The minimum absolute atomic E-state index is 0.141. The summed E-state index contributed by atoms with van der Waals surface area (Å²) in [5, 5.41) is 9.10. The molecule has 1 atom stereocenters. The maximum absolute atomic E-state index is 13.8. The average Bonchev–Trinajstić information content (AvgIpc) is 2.95. The fourth-order valence-electron chi connectivity index (χ4n) is 2.95. The van der Waals surface area contributed by atoms with E-state index in [1.54, 1.807) is 6.07 Å². The van der Waals surface area contributed by atoms with Gasteiger partial charge in [-0.05, 0) is 43.7 Å². The molecule has 2 aromatic rings. The quantitative estimate of drug-likeness (QED) is 0.936. The lowest BCUT2D eigenvalue weighted by molar-refractivity contribution is -0.143. The van der Waals surface area contributed by atoms with E-state index in [9.17, 15) is 13.6 Å². The molecule has 1 unspecified atom stereocenters. The molecule has 0 amide bonds. The summed E-state index contributed by atoms with van der Waals surface area (Å²) in [6.45, 7) is 1.67. The molecule has 2 heterocycles. The Morgan fingerprint density at radius 2 is 2.00 bits per heavy atom. The Labute approximate surface area is 132 Å². The van der Waals surface area contributed by atoms with Gasteiger partial charge in [-0.2, -0.15) is 0 Å². The number of piperidine rings is 1. The molecule has 1 saturated heterocycles. The van der Waals surface area contributed by atoms with Gasteiger partial charge < -0.3 is 9.52 Å². The average molecular weight is 321 g/mol. The molecule has 0 saturated carbocycles. The Kier molecular flexibility index (Phi) is 4.43. The van der Waals surface area contributed by atoms with Gasteiger partial charge in [-0.3, -0.25) is 9.69 Å². The summed E-state index contributed by atoms with van der Waals surface area (Å²) in [4.78, 5) is 13.1. The molecule has 23 heavy (non-hydrogen) atoms. The standard InChI is InChI=1S/C17H17F2NO3/c18-13-4-1-5-14(19)16(13)15-7-6-12(23-15)10-20-8-2-3-11(9-20)17(21)22/h1,4-7,11H,2-3,8-10H2,(H,21,22). The van der Waals surface area contributed by atoms with Crippen LogP contribution in [0, 0.1) is 17.6 Å². The summed E-state index contributed by atoms with van der Waals surface area (Å²) in [6, 6.07) is 6.88. The minimum atomic E-state index is -0.789. The largest absolute Gasteiger partial charge is 0.481 e. The number of carboxylic acid groups (broad SMARTS) is 1. The zero-order valence-electron chi connectivity index (χ0n) is 12.5. The van der Waals surface area contributed by atoms with Gasteiger partial charge in [0.1, 0.15) is 23.2 Å². The van der Waals surface area contributed by atoms with E-state index < -0.39 is 17.6 Å². The zero-order valence-corrected chi connectivity index (χ0v) is 12.5. The van der Waals surface area contributed by atoms with Gasteiger partial charge in [0.25, 0.3) is 0 Å². The molecular weight excluding hydrogens is 304 g/mol. The van der Waals surface area contributed by atoms with Crippen LogP contribution in [0.4, 0.5) is 8.78 Å². The molecule has 0 bridgehead atoms. The van der Waals surface area contributed by atoms with Gasteiger partial charge in [-0.1, -0.05) is 6.07 Å². The highest BCUT2D eigenvalue weighted by molar-refractivity contribution is 5.70. The van der Waals surface area contributed by atoms with Crippen molar-refractivity contribution in [2.75, 3.05) is 13.1 Å². The van der Waals surface area contributed by atoms with Gasteiger partial charge in [-0.25, -0.2) is 8.78 Å². The van der Waals surface area contributed by atoms with Crippen molar-refractivity contribution in [1.82, 2.24) is 4.90 Å². The predicted octanol–water partition coefficient (Wildman–Crippen LogP) is 3.52. The monoisotopic (exact) mass is 321 g/mol. The molecule has 4 nitrogen and oxygen atoms in total. The third-order valence-corrected chi connectivity index (χ3v) is 4.11. The number of carbonyl (C=O) groups is 1. The van der Waals surface area contributed by atoms with Crippen molar-refractivity contribution >= 4 is 5.97 Å². The molecule has 1 aromatic heterocycles. The van der Waals surface area contributed by atoms with Crippen LogP contribution in [-0.2, 0) is 11.3 Å². The highest BCUT2D eigenvalue weighted by atomic mass is 19.1. The minimum Gasteiger partial charge on any atom is -0.481 e. The van der Waals surface area contributed by atoms with Gasteiger partial charge in [0.05, 0.1) is 18.0 Å². The van der Waals surface area contributed by atoms with Crippen LogP contribution in [0.3, 0.4) is 0 Å². The van der Waals surface area contributed by atoms with E-state index in [4.69, 9.17) is 9.52 Å². The summed E-state index contributed by atoms with van der Waals surface area (Å²) >= 11 is 0. The van der Waals surface area contributed by atoms with Gasteiger partial charge >= 0.3 is 5.97 Å². The van der Waals surface area contributed by atoms with Gasteiger partial charge in [0, 0.05) is 6.54 Å². The molecule has 1 aliphatic heterocycles. The highest BCUT2D eigenvalue weighted by Crippen LogP contribution is 2.28. The number of aliphatic carboxylic acids is 1. The number of furan rings is 1. The number of halogens is 2. The van der Waals surface area contributed by atoms with Crippen molar-refractivity contribution in [3.05, 3.63) is 47.7 Å². The Bertz CT molecular complexity index is 693. The fraction of sp³-hybridized carbons (Fsp3) is 0.353. The SMILES string of the molecule is O=C(O)C1CCCN(Cc2ccc(-c3c(F)cccc3F)o2)C1. The van der Waals surface area contributed by atoms with Crippen LogP contribution in [-0.4, -0.2) is 29.1 Å². The Morgan fingerprint density at radius 3 is 2.70 bits per heavy atom. The van der Waals surface area contributed by atoms with E-state index in [1.807, 2.05) is 4.90 Å². The van der Waals surface area contributed by atoms with Crippen molar-refractivity contribution < 1.29 is 23.1 Å². The molecule has 1 fully saturated rings. The summed E-state index contributed by atoms with van der Waals surface area (Å²) < 4.78 is 33.1. The van der Waals surface area contributed by atoms with Crippen molar-refractivity contribution in [3.8, 4) is 11.3 Å². The third kappa shape index (κ3) is 3.42. The molecule has 6 heteroatoms. The Balaban J connectivity index is 1.74. The van der Waals surface area contributed by atoms with Crippen LogP contribution in [0.25, 0.3) is 11.3 Å². The van der Waals surface area contributed by atoms with Gasteiger partial charge in [-0.15, -0.1) is 0 Å². The van der Waals surface area contributed by atoms with Crippen LogP contribution in [0.15, 0.2) is 34.7 Å². The van der Waals surface area contributed by atoms with Crippen LogP contribution in [0.5, 0.6) is 0 Å². The summed E-state index contributed by atoms with van der Waals surface area (Å²) in [7, 11) is 0. The molecule has 1 N–H and O–H groups in total. The lowest BCUT2D eigenvalue weighted by Crippen LogP contribution is -2.38. The first-order valence-electron chi connectivity index (χ1n) is 7.53. The van der Waals surface area contributed by atoms with Gasteiger partial charge in [0.15, 0.2) is 0 Å². The molecule has 0 spiro atoms. The molecule has 1 aromatic carbocycles. The first-order chi connectivity index (χ1) is 11.0. The number of hydrogen-bond acceptors (Lipinski definition) is 3. The first-order valence-corrected chi connectivity index (χ1v) is 7.53. The van der Waals surface area contributed by atoms with Crippen LogP contribution < -0.4 is 0 Å². The van der Waals surface area contributed by atoms with Crippen molar-refractivity contribution in [3.63, 3.8) is 0 Å². The predicted molar refractivity (Wildman–Crippen MR) is 79.7 cm³/mol. The van der Waals surface area contributed by atoms with E-state index in [1.165, 1.54) is 24.3 Å². The molecule has 0 aliphatic carbocycles. The smallest absolute Gasteiger partial charge is 0.307 e. The van der Waals surface area contributed by atoms with Crippen LogP contribution in [0.2, 0.25) is 0 Å². The summed E-state index contributed by atoms with van der Waals surface area (Å²) in [5.41, 5.74) is -0.180. The summed E-state index contributed by atoms with van der Waals surface area (Å²) in [6.07, 6.45) is 1.49. The lowest BCUT2D eigenvalue weighted by Gasteiger charge is -2.29. The van der Waals surface area contributed by atoms with Crippen molar-refractivity contribution in [2.24, 2.45) is 5.92 Å². The fourth-order valence-corrected chi connectivity index (χ4v) is 2.95.